The molecule has 5 heteroatoms. The number of hydrogen-bond donors (Lipinski definition) is 1. The molecule has 1 N–H and O–H groups in total. The summed E-state index contributed by atoms with van der Waals surface area (Å²) in [5, 5.41) is 6.97. The molecule has 0 aliphatic heterocycles. The lowest BCUT2D eigenvalue weighted by molar-refractivity contribution is 0.102. The quantitative estimate of drug-likeness (QED) is 0.669. The highest BCUT2D eigenvalue weighted by Gasteiger charge is 2.13. The number of benzene rings is 2. The summed E-state index contributed by atoms with van der Waals surface area (Å²) in [6.45, 7) is 8.16. The lowest BCUT2D eigenvalue weighted by Gasteiger charge is -2.13. The van der Waals surface area contributed by atoms with E-state index in [1.807, 2.05) is 51.1 Å². The number of anilines is 1. The number of para-hydroxylation sites is 1. The van der Waals surface area contributed by atoms with E-state index in [1.165, 1.54) is 0 Å². The molecule has 1 aromatic heterocycles. The summed E-state index contributed by atoms with van der Waals surface area (Å²) >= 11 is 0. The van der Waals surface area contributed by atoms with Crippen LogP contribution < -0.4 is 10.1 Å². The molecule has 0 unspecified atom stereocenters. The van der Waals surface area contributed by atoms with Crippen molar-refractivity contribution in [2.24, 2.45) is 0 Å². The van der Waals surface area contributed by atoms with Crippen LogP contribution in [-0.2, 0) is 13.0 Å². The van der Waals surface area contributed by atoms with Gasteiger partial charge in [0, 0.05) is 11.3 Å². The molecular weight excluding hydrogens is 340 g/mol. The van der Waals surface area contributed by atoms with Crippen molar-refractivity contribution in [2.75, 3.05) is 5.32 Å². The minimum Gasteiger partial charge on any atom is -0.489 e. The van der Waals surface area contributed by atoms with Gasteiger partial charge in [-0.15, -0.1) is 0 Å². The fraction of sp³-hybridized carbons (Fsp3) is 0.273. The zero-order valence-electron chi connectivity index (χ0n) is 16.1. The van der Waals surface area contributed by atoms with Crippen LogP contribution in [0.25, 0.3) is 0 Å². The van der Waals surface area contributed by atoms with Crippen LogP contribution >= 0.6 is 0 Å². The van der Waals surface area contributed by atoms with Crippen LogP contribution in [0.15, 0.2) is 47.0 Å². The number of nitrogens with zero attached hydrogens (tertiary/aromatic N) is 1. The summed E-state index contributed by atoms with van der Waals surface area (Å²) in [7, 11) is 0. The summed E-state index contributed by atoms with van der Waals surface area (Å²) in [5.41, 5.74) is 5.34. The van der Waals surface area contributed by atoms with Gasteiger partial charge in [-0.3, -0.25) is 4.79 Å². The van der Waals surface area contributed by atoms with E-state index in [0.29, 0.717) is 17.9 Å². The molecular formula is C22H24N2O3. The van der Waals surface area contributed by atoms with E-state index < -0.39 is 0 Å². The summed E-state index contributed by atoms with van der Waals surface area (Å²) in [6, 6.07) is 13.2. The standard InChI is InChI=1S/C22H24N2O3/c1-5-17-9-6-8-14(2)21(17)23-22(25)18-10-7-11-19(12-18)26-13-20-15(3)24-27-16(20)4/h6-12H,5,13H2,1-4H3,(H,23,25). The molecule has 2 aromatic carbocycles. The van der Waals surface area contributed by atoms with E-state index in [1.54, 1.807) is 12.1 Å². The summed E-state index contributed by atoms with van der Waals surface area (Å²) in [5.74, 6) is 1.22. The maximum atomic E-state index is 12.7. The van der Waals surface area contributed by atoms with Crippen LogP contribution in [0.2, 0.25) is 0 Å². The maximum absolute atomic E-state index is 12.7. The summed E-state index contributed by atoms with van der Waals surface area (Å²) in [6.07, 6.45) is 0.859. The van der Waals surface area contributed by atoms with Gasteiger partial charge in [-0.25, -0.2) is 0 Å². The lowest BCUT2D eigenvalue weighted by atomic mass is 10.1. The summed E-state index contributed by atoms with van der Waals surface area (Å²) in [4.78, 5) is 12.7. The molecule has 0 saturated heterocycles. The molecule has 0 atom stereocenters. The number of hydrogen-bond acceptors (Lipinski definition) is 4. The molecule has 140 valence electrons. The Hall–Kier alpha value is -3.08. The number of nitrogens with one attached hydrogen (secondary N) is 1. The van der Waals surface area contributed by atoms with Crippen LogP contribution in [0, 0.1) is 20.8 Å². The van der Waals surface area contributed by atoms with Crippen molar-refractivity contribution in [3.8, 4) is 5.75 Å². The molecule has 0 radical (unpaired) electrons. The van der Waals surface area contributed by atoms with Gasteiger partial charge in [-0.05, 0) is 56.5 Å². The molecule has 0 spiro atoms. The average molecular weight is 364 g/mol. The Morgan fingerprint density at radius 1 is 1.15 bits per heavy atom. The van der Waals surface area contributed by atoms with Gasteiger partial charge in [0.2, 0.25) is 0 Å². The SMILES string of the molecule is CCc1cccc(C)c1NC(=O)c1cccc(OCc2c(C)noc2C)c1. The molecule has 0 saturated carbocycles. The molecule has 0 aliphatic carbocycles. The third-order valence-corrected chi connectivity index (χ3v) is 4.64. The Morgan fingerprint density at radius 3 is 2.63 bits per heavy atom. The van der Waals surface area contributed by atoms with Crippen LogP contribution in [-0.4, -0.2) is 11.1 Å². The molecule has 3 rings (SSSR count). The fourth-order valence-corrected chi connectivity index (χ4v) is 2.98. The van der Waals surface area contributed by atoms with Crippen molar-refractivity contribution < 1.29 is 14.1 Å². The Bertz CT molecular complexity index is 940. The molecule has 0 fully saturated rings. The molecule has 0 aliphatic rings. The smallest absolute Gasteiger partial charge is 0.255 e. The second kappa shape index (κ2) is 8.08. The van der Waals surface area contributed by atoms with Crippen molar-refractivity contribution in [3.63, 3.8) is 0 Å². The first-order chi connectivity index (χ1) is 13.0. The number of ether oxygens (including phenoxy) is 1. The van der Waals surface area contributed by atoms with Gasteiger partial charge in [-0.2, -0.15) is 0 Å². The van der Waals surface area contributed by atoms with Gasteiger partial charge >= 0.3 is 0 Å². The van der Waals surface area contributed by atoms with Crippen molar-refractivity contribution in [3.05, 3.63) is 76.2 Å². The van der Waals surface area contributed by atoms with E-state index in [-0.39, 0.29) is 5.91 Å². The highest BCUT2D eigenvalue weighted by atomic mass is 16.5. The Labute approximate surface area is 159 Å². The Balaban J connectivity index is 1.74. The van der Waals surface area contributed by atoms with Gasteiger partial charge in [0.25, 0.3) is 5.91 Å². The summed E-state index contributed by atoms with van der Waals surface area (Å²) < 4.78 is 11.0. The first-order valence-corrected chi connectivity index (χ1v) is 9.04. The molecule has 27 heavy (non-hydrogen) atoms. The first-order valence-electron chi connectivity index (χ1n) is 9.04. The first kappa shape index (κ1) is 18.7. The largest absolute Gasteiger partial charge is 0.489 e. The van der Waals surface area contributed by atoms with E-state index >= 15 is 0 Å². The number of rotatable bonds is 6. The number of carbonyl (C=O) groups excluding carboxylic acids is 1. The van der Waals surface area contributed by atoms with Gasteiger partial charge in [-0.1, -0.05) is 36.3 Å². The van der Waals surface area contributed by atoms with Crippen molar-refractivity contribution in [1.29, 1.82) is 0 Å². The lowest BCUT2D eigenvalue weighted by Crippen LogP contribution is -2.14. The fourth-order valence-electron chi connectivity index (χ4n) is 2.98. The van der Waals surface area contributed by atoms with Gasteiger partial charge in [0.05, 0.1) is 11.3 Å². The van der Waals surface area contributed by atoms with Crippen molar-refractivity contribution >= 4 is 11.6 Å². The van der Waals surface area contributed by atoms with Crippen LogP contribution in [0.3, 0.4) is 0 Å². The van der Waals surface area contributed by atoms with Gasteiger partial charge < -0.3 is 14.6 Å². The molecule has 5 nitrogen and oxygen atoms in total. The van der Waals surface area contributed by atoms with Crippen LogP contribution in [0.4, 0.5) is 5.69 Å². The van der Waals surface area contributed by atoms with Gasteiger partial charge in [0.15, 0.2) is 0 Å². The van der Waals surface area contributed by atoms with Gasteiger partial charge in [0.1, 0.15) is 18.1 Å². The minimum absolute atomic E-state index is 0.151. The van der Waals surface area contributed by atoms with Crippen molar-refractivity contribution in [1.82, 2.24) is 5.16 Å². The highest BCUT2D eigenvalue weighted by molar-refractivity contribution is 6.05. The molecule has 0 bridgehead atoms. The van der Waals surface area contributed by atoms with Crippen LogP contribution in [0.5, 0.6) is 5.75 Å². The third kappa shape index (κ3) is 4.19. The molecule has 1 heterocycles. The normalized spacial score (nSPS) is 10.7. The zero-order valence-corrected chi connectivity index (χ0v) is 16.1. The number of aryl methyl sites for hydroxylation is 4. The highest BCUT2D eigenvalue weighted by Crippen LogP contribution is 2.23. The topological polar surface area (TPSA) is 64.4 Å². The third-order valence-electron chi connectivity index (χ3n) is 4.64. The van der Waals surface area contributed by atoms with Crippen LogP contribution in [0.1, 0.15) is 45.4 Å². The Kier molecular flexibility index (Phi) is 5.60. The second-order valence-corrected chi connectivity index (χ2v) is 6.54. The average Bonchev–Trinajstić information content (AvgIpc) is 2.99. The maximum Gasteiger partial charge on any atom is 0.255 e. The van der Waals surface area contributed by atoms with Crippen molar-refractivity contribution in [2.45, 2.75) is 40.7 Å². The zero-order chi connectivity index (χ0) is 19.4. The van der Waals surface area contributed by atoms with E-state index in [0.717, 1.165) is 40.3 Å². The predicted octanol–water partition coefficient (Wildman–Crippen LogP) is 4.99. The molecule has 3 aromatic rings. The number of carbonyl (C=O) groups is 1. The van der Waals surface area contributed by atoms with E-state index in [4.69, 9.17) is 9.26 Å². The Morgan fingerprint density at radius 2 is 1.93 bits per heavy atom. The predicted molar refractivity (Wildman–Crippen MR) is 105 cm³/mol. The number of aromatic nitrogens is 1. The molecule has 1 amide bonds. The minimum atomic E-state index is -0.151. The monoisotopic (exact) mass is 364 g/mol. The van der Waals surface area contributed by atoms with E-state index in [9.17, 15) is 4.79 Å². The van der Waals surface area contributed by atoms with E-state index in [2.05, 4.69) is 17.4 Å². The number of amides is 1. The second-order valence-electron chi connectivity index (χ2n) is 6.54.